The highest BCUT2D eigenvalue weighted by Crippen LogP contribution is 2.71. The van der Waals surface area contributed by atoms with Gasteiger partial charge in [0.1, 0.15) is 6.17 Å². The molecule has 5 unspecified atom stereocenters. The van der Waals surface area contributed by atoms with E-state index in [0.29, 0.717) is 6.42 Å². The van der Waals surface area contributed by atoms with Gasteiger partial charge in [-0.3, -0.25) is 9.59 Å². The summed E-state index contributed by atoms with van der Waals surface area (Å²) in [6.07, 6.45) is 0.409. The number of fused-ring (bicyclic) bond motifs is 5. The van der Waals surface area contributed by atoms with Crippen LogP contribution in [0.1, 0.15) is 50.4 Å². The molecule has 9 atom stereocenters. The number of carbonyl (C=O) groups excluding carboxylic acids is 3. The van der Waals surface area contributed by atoms with Crippen molar-refractivity contribution in [2.24, 2.45) is 28.6 Å². The molecule has 1 aromatic carbocycles. The van der Waals surface area contributed by atoms with Crippen molar-refractivity contribution >= 4 is 29.5 Å². The second-order valence-electron chi connectivity index (χ2n) is 11.3. The molecule has 5 rings (SSSR count). The van der Waals surface area contributed by atoms with Gasteiger partial charge in [0.2, 0.25) is 5.12 Å². The number of benzene rings is 1. The van der Waals surface area contributed by atoms with Crippen LogP contribution in [0, 0.1) is 28.6 Å². The van der Waals surface area contributed by atoms with Crippen molar-refractivity contribution in [1.82, 2.24) is 0 Å². The lowest BCUT2D eigenvalue weighted by Gasteiger charge is -2.63. The predicted octanol–water partition coefficient (Wildman–Crippen LogP) is 4.60. The average molecular weight is 517 g/mol. The molecule has 0 amide bonds. The smallest absolute Gasteiger partial charge is 0.339 e. The minimum Gasteiger partial charge on any atom is -0.446 e. The molecule has 192 valence electrons. The summed E-state index contributed by atoms with van der Waals surface area (Å²) in [5, 5.41) is 10.8. The van der Waals surface area contributed by atoms with Gasteiger partial charge in [-0.15, -0.1) is 12.6 Å². The molecule has 0 spiro atoms. The predicted molar refractivity (Wildman–Crippen MR) is 132 cm³/mol. The Labute approximate surface area is 214 Å². The minimum absolute atomic E-state index is 0.0366. The Morgan fingerprint density at radius 2 is 1.81 bits per heavy atom. The third-order valence-corrected chi connectivity index (χ3v) is 10.1. The zero-order chi connectivity index (χ0) is 26.3. The van der Waals surface area contributed by atoms with Crippen LogP contribution in [0.25, 0.3) is 0 Å². The number of hydrogen-bond acceptors (Lipinski definition) is 5. The lowest BCUT2D eigenvalue weighted by atomic mass is 9.44. The number of ketones is 1. The summed E-state index contributed by atoms with van der Waals surface area (Å²) in [5.41, 5.74) is -6.44. The van der Waals surface area contributed by atoms with Gasteiger partial charge in [0.25, 0.3) is 0 Å². The first-order valence-corrected chi connectivity index (χ1v) is 12.8. The van der Waals surface area contributed by atoms with Gasteiger partial charge >= 0.3 is 5.97 Å². The number of alkyl halides is 2. The first-order valence-electron chi connectivity index (χ1n) is 12.3. The number of aliphatic hydroxyl groups is 1. The SMILES string of the molecule is CC1C[C@H]2[C@@H]3CC(F)C4=CC(=O)C=C[C@]4(C)C3(F)C(O)C[C@]2(C)C1(OC(=O)c1ccccc1)C(=O)S. The fourth-order valence-corrected chi connectivity index (χ4v) is 8.54. The summed E-state index contributed by atoms with van der Waals surface area (Å²) in [6.45, 7) is 5.00. The van der Waals surface area contributed by atoms with Gasteiger partial charge in [0.15, 0.2) is 17.1 Å². The second-order valence-corrected chi connectivity index (χ2v) is 11.7. The van der Waals surface area contributed by atoms with Crippen LogP contribution >= 0.6 is 12.6 Å². The van der Waals surface area contributed by atoms with Crippen molar-refractivity contribution in [3.05, 3.63) is 59.7 Å². The lowest BCUT2D eigenvalue weighted by molar-refractivity contribution is -0.221. The fraction of sp³-hybridized carbons (Fsp3) is 0.536. The van der Waals surface area contributed by atoms with E-state index in [0.717, 1.165) is 6.08 Å². The maximum Gasteiger partial charge on any atom is 0.339 e. The molecule has 1 N–H and O–H groups in total. The largest absolute Gasteiger partial charge is 0.446 e. The molecule has 0 aliphatic heterocycles. The van der Waals surface area contributed by atoms with Crippen molar-refractivity contribution < 1.29 is 33.0 Å². The topological polar surface area (TPSA) is 80.7 Å². The van der Waals surface area contributed by atoms with E-state index in [9.17, 15) is 19.5 Å². The van der Waals surface area contributed by atoms with E-state index in [1.807, 2.05) is 0 Å². The van der Waals surface area contributed by atoms with E-state index in [-0.39, 0.29) is 24.0 Å². The molecule has 36 heavy (non-hydrogen) atoms. The van der Waals surface area contributed by atoms with Crippen LogP contribution in [0.5, 0.6) is 0 Å². The van der Waals surface area contributed by atoms with Gasteiger partial charge in [0.05, 0.1) is 11.7 Å². The number of halogens is 2. The quantitative estimate of drug-likeness (QED) is 0.453. The minimum atomic E-state index is -2.28. The van der Waals surface area contributed by atoms with E-state index < -0.39 is 69.0 Å². The summed E-state index contributed by atoms with van der Waals surface area (Å²) < 4.78 is 38.9. The van der Waals surface area contributed by atoms with Crippen LogP contribution in [0.2, 0.25) is 0 Å². The number of aliphatic hydroxyl groups excluding tert-OH is 1. The molecule has 4 aliphatic carbocycles. The van der Waals surface area contributed by atoms with Crippen molar-refractivity contribution in [3.63, 3.8) is 0 Å². The number of carbonyl (C=O) groups is 3. The maximum atomic E-state index is 17.3. The van der Waals surface area contributed by atoms with Gasteiger partial charge in [-0.2, -0.15) is 0 Å². The van der Waals surface area contributed by atoms with Gasteiger partial charge in [-0.1, -0.05) is 38.1 Å². The number of allylic oxidation sites excluding steroid dienone is 4. The van der Waals surface area contributed by atoms with Crippen LogP contribution in [0.3, 0.4) is 0 Å². The van der Waals surface area contributed by atoms with Crippen molar-refractivity contribution in [3.8, 4) is 0 Å². The molecule has 0 saturated heterocycles. The normalized spacial score (nSPS) is 45.2. The fourth-order valence-electron chi connectivity index (χ4n) is 8.02. The summed E-state index contributed by atoms with van der Waals surface area (Å²) >= 11 is 4.16. The molecule has 0 heterocycles. The van der Waals surface area contributed by atoms with Gasteiger partial charge in [-0.25, -0.2) is 13.6 Å². The summed E-state index contributed by atoms with van der Waals surface area (Å²) in [4.78, 5) is 38.4. The van der Waals surface area contributed by atoms with Crippen molar-refractivity contribution in [2.75, 3.05) is 0 Å². The highest BCUT2D eigenvalue weighted by molar-refractivity contribution is 7.96. The summed E-state index contributed by atoms with van der Waals surface area (Å²) in [6, 6.07) is 8.24. The average Bonchev–Trinajstić information content (AvgIpc) is 3.05. The Balaban J connectivity index is 1.62. The second kappa shape index (κ2) is 8.09. The molecular formula is C28H30F2O5S. The van der Waals surface area contributed by atoms with Crippen molar-refractivity contribution in [1.29, 1.82) is 0 Å². The standard InChI is InChI=1S/C28H30F2O5S/c1-15-11-18-19-13-21(29)20-12-17(31)9-10-25(20,2)27(19,30)22(32)14-26(18,3)28(15,24(34)36)35-23(33)16-7-5-4-6-8-16/h4-10,12,15,18-19,21-22,32H,11,13-14H2,1-3H3,(H,34,36)/t15?,18-,19-,21?,22?,25-,26-,27?,28?/m0/s1. The Kier molecular flexibility index (Phi) is 5.69. The van der Waals surface area contributed by atoms with E-state index in [4.69, 9.17) is 4.74 Å². The molecule has 3 fully saturated rings. The molecule has 5 nitrogen and oxygen atoms in total. The molecule has 8 heteroatoms. The summed E-state index contributed by atoms with van der Waals surface area (Å²) in [7, 11) is 0. The Morgan fingerprint density at radius 3 is 2.44 bits per heavy atom. The Hall–Kier alpha value is -2.32. The van der Waals surface area contributed by atoms with Crippen LogP contribution < -0.4 is 0 Å². The molecule has 0 radical (unpaired) electrons. The zero-order valence-electron chi connectivity index (χ0n) is 20.4. The van der Waals surface area contributed by atoms with Crippen LogP contribution in [0.4, 0.5) is 8.78 Å². The maximum absolute atomic E-state index is 17.3. The van der Waals surface area contributed by atoms with Gasteiger partial charge < -0.3 is 9.84 Å². The van der Waals surface area contributed by atoms with Crippen molar-refractivity contribution in [2.45, 2.75) is 63.6 Å². The number of esters is 1. The third-order valence-electron chi connectivity index (χ3n) is 9.75. The molecule has 0 bridgehead atoms. The number of thiol groups is 1. The number of hydrogen-bond donors (Lipinski definition) is 2. The molecule has 1 aromatic rings. The molecular weight excluding hydrogens is 486 g/mol. The highest BCUT2D eigenvalue weighted by Gasteiger charge is 2.77. The molecule has 3 saturated carbocycles. The Morgan fingerprint density at radius 1 is 1.14 bits per heavy atom. The van der Waals surface area contributed by atoms with Gasteiger partial charge in [0, 0.05) is 22.7 Å². The molecule has 0 aromatic heterocycles. The first-order chi connectivity index (χ1) is 16.8. The monoisotopic (exact) mass is 516 g/mol. The van der Waals surface area contributed by atoms with Crippen LogP contribution in [0.15, 0.2) is 54.1 Å². The highest BCUT2D eigenvalue weighted by atomic mass is 32.1. The third kappa shape index (κ3) is 3.00. The number of ether oxygens (including phenoxy) is 1. The van der Waals surface area contributed by atoms with Crippen LogP contribution in [-0.2, 0) is 14.3 Å². The van der Waals surface area contributed by atoms with E-state index in [1.165, 1.54) is 19.1 Å². The van der Waals surface area contributed by atoms with E-state index >= 15 is 8.78 Å². The van der Waals surface area contributed by atoms with E-state index in [2.05, 4.69) is 12.6 Å². The number of rotatable bonds is 3. The Bertz CT molecular complexity index is 1200. The summed E-state index contributed by atoms with van der Waals surface area (Å²) in [5.74, 6) is -3.23. The zero-order valence-corrected chi connectivity index (χ0v) is 21.3. The van der Waals surface area contributed by atoms with Gasteiger partial charge in [-0.05, 0) is 62.0 Å². The lowest BCUT2D eigenvalue weighted by Crippen LogP contribution is -2.70. The molecule has 4 aliphatic rings. The van der Waals surface area contributed by atoms with E-state index in [1.54, 1.807) is 44.2 Å². The first kappa shape index (κ1) is 25.3. The van der Waals surface area contributed by atoms with Crippen LogP contribution in [-0.4, -0.2) is 45.5 Å².